The van der Waals surface area contributed by atoms with Crippen LogP contribution in [0, 0.1) is 0 Å². The van der Waals surface area contributed by atoms with Crippen molar-refractivity contribution < 1.29 is 4.74 Å². The molecule has 0 aliphatic heterocycles. The SMILES string of the molecule is COCCCC(N)c1nc2ncccc2n1C. The highest BCUT2D eigenvalue weighted by atomic mass is 16.5. The Balaban J connectivity index is 2.20. The number of nitrogens with two attached hydrogens (primary N) is 1. The van der Waals surface area contributed by atoms with Crippen LogP contribution in [0.25, 0.3) is 11.2 Å². The first-order chi connectivity index (χ1) is 8.24. The molecule has 0 saturated carbocycles. The zero-order valence-electron chi connectivity index (χ0n) is 10.3. The predicted octanol–water partition coefficient (Wildman–Crippen LogP) is 1.39. The predicted molar refractivity (Wildman–Crippen MR) is 66.5 cm³/mol. The molecule has 1 unspecified atom stereocenters. The molecule has 0 radical (unpaired) electrons. The Morgan fingerprint density at radius 3 is 3.06 bits per heavy atom. The van der Waals surface area contributed by atoms with E-state index in [1.165, 1.54) is 0 Å². The fraction of sp³-hybridized carbons (Fsp3) is 0.500. The van der Waals surface area contributed by atoms with Crippen LogP contribution in [0.4, 0.5) is 0 Å². The van der Waals surface area contributed by atoms with E-state index >= 15 is 0 Å². The molecule has 0 aliphatic carbocycles. The van der Waals surface area contributed by atoms with Crippen molar-refractivity contribution in [2.75, 3.05) is 13.7 Å². The van der Waals surface area contributed by atoms with Crippen molar-refractivity contribution in [1.82, 2.24) is 14.5 Å². The van der Waals surface area contributed by atoms with Crippen LogP contribution in [0.15, 0.2) is 18.3 Å². The van der Waals surface area contributed by atoms with Crippen molar-refractivity contribution in [2.45, 2.75) is 18.9 Å². The van der Waals surface area contributed by atoms with Gasteiger partial charge in [-0.3, -0.25) is 0 Å². The minimum Gasteiger partial charge on any atom is -0.385 e. The highest BCUT2D eigenvalue weighted by molar-refractivity contribution is 5.71. The normalized spacial score (nSPS) is 13.1. The summed E-state index contributed by atoms with van der Waals surface area (Å²) in [6.07, 6.45) is 3.55. The second kappa shape index (κ2) is 5.25. The Kier molecular flexibility index (Phi) is 3.71. The molecule has 1 atom stereocenters. The van der Waals surface area contributed by atoms with Crippen molar-refractivity contribution >= 4 is 11.2 Å². The van der Waals surface area contributed by atoms with Gasteiger partial charge in [0.2, 0.25) is 0 Å². The van der Waals surface area contributed by atoms with E-state index in [-0.39, 0.29) is 6.04 Å². The minimum absolute atomic E-state index is 0.0654. The molecule has 2 aromatic heterocycles. The lowest BCUT2D eigenvalue weighted by atomic mass is 10.1. The van der Waals surface area contributed by atoms with E-state index in [2.05, 4.69) is 9.97 Å². The van der Waals surface area contributed by atoms with Crippen LogP contribution < -0.4 is 5.73 Å². The Labute approximate surface area is 101 Å². The lowest BCUT2D eigenvalue weighted by Crippen LogP contribution is -2.15. The van der Waals surface area contributed by atoms with Crippen LogP contribution in [0.1, 0.15) is 24.7 Å². The molecule has 2 rings (SSSR count). The number of hydrogen-bond donors (Lipinski definition) is 1. The van der Waals surface area contributed by atoms with Gasteiger partial charge in [-0.05, 0) is 25.0 Å². The summed E-state index contributed by atoms with van der Waals surface area (Å²) in [5.74, 6) is 0.884. The molecule has 5 nitrogen and oxygen atoms in total. The van der Waals surface area contributed by atoms with Gasteiger partial charge in [0, 0.05) is 27.0 Å². The van der Waals surface area contributed by atoms with Crippen LogP contribution in [0.3, 0.4) is 0 Å². The summed E-state index contributed by atoms with van der Waals surface area (Å²) < 4.78 is 7.04. The quantitative estimate of drug-likeness (QED) is 0.794. The summed E-state index contributed by atoms with van der Waals surface area (Å²) in [4.78, 5) is 8.71. The summed E-state index contributed by atoms with van der Waals surface area (Å²) in [6.45, 7) is 0.732. The van der Waals surface area contributed by atoms with E-state index in [0.29, 0.717) is 0 Å². The topological polar surface area (TPSA) is 66.0 Å². The number of rotatable bonds is 5. The van der Waals surface area contributed by atoms with Crippen LogP contribution in [-0.4, -0.2) is 28.3 Å². The number of pyridine rings is 1. The third kappa shape index (κ3) is 2.45. The third-order valence-corrected chi connectivity index (χ3v) is 2.89. The monoisotopic (exact) mass is 234 g/mol. The van der Waals surface area contributed by atoms with Crippen LogP contribution >= 0.6 is 0 Å². The summed E-state index contributed by atoms with van der Waals surface area (Å²) in [5, 5.41) is 0. The molecule has 0 spiro atoms. The van der Waals surface area contributed by atoms with Gasteiger partial charge in [-0.25, -0.2) is 9.97 Å². The first kappa shape index (κ1) is 12.0. The number of fused-ring (bicyclic) bond motifs is 1. The molecule has 0 aliphatic rings. The van der Waals surface area contributed by atoms with Gasteiger partial charge >= 0.3 is 0 Å². The Bertz CT molecular complexity index is 494. The standard InChI is InChI=1S/C12H18N4O/c1-16-10-6-3-7-14-11(10)15-12(16)9(13)5-4-8-17-2/h3,6-7,9H,4-5,8,13H2,1-2H3. The number of imidazole rings is 1. The Morgan fingerprint density at radius 1 is 1.53 bits per heavy atom. The largest absolute Gasteiger partial charge is 0.385 e. The molecule has 5 heteroatoms. The molecule has 92 valence electrons. The highest BCUT2D eigenvalue weighted by Crippen LogP contribution is 2.19. The molecule has 0 bridgehead atoms. The maximum Gasteiger partial charge on any atom is 0.177 e. The first-order valence-electron chi connectivity index (χ1n) is 5.76. The zero-order chi connectivity index (χ0) is 12.3. The number of hydrogen-bond acceptors (Lipinski definition) is 4. The summed E-state index contributed by atoms with van der Waals surface area (Å²) in [7, 11) is 3.67. The van der Waals surface area contributed by atoms with Gasteiger partial charge in [0.05, 0.1) is 11.6 Å². The van der Waals surface area contributed by atoms with E-state index in [1.54, 1.807) is 13.3 Å². The van der Waals surface area contributed by atoms with E-state index in [0.717, 1.165) is 36.4 Å². The van der Waals surface area contributed by atoms with Gasteiger partial charge < -0.3 is 15.0 Å². The van der Waals surface area contributed by atoms with Gasteiger partial charge in [-0.2, -0.15) is 0 Å². The van der Waals surface area contributed by atoms with Gasteiger partial charge in [0.25, 0.3) is 0 Å². The van der Waals surface area contributed by atoms with Crippen LogP contribution in [-0.2, 0) is 11.8 Å². The lowest BCUT2D eigenvalue weighted by Gasteiger charge is -2.10. The molecule has 0 aromatic carbocycles. The zero-order valence-corrected chi connectivity index (χ0v) is 10.3. The molecule has 0 fully saturated rings. The van der Waals surface area contributed by atoms with Crippen LogP contribution in [0.5, 0.6) is 0 Å². The number of ether oxygens (including phenoxy) is 1. The Hall–Kier alpha value is -1.46. The Morgan fingerprint density at radius 2 is 2.35 bits per heavy atom. The van der Waals surface area contributed by atoms with Crippen molar-refractivity contribution in [3.8, 4) is 0 Å². The molecule has 2 N–H and O–H groups in total. The smallest absolute Gasteiger partial charge is 0.177 e. The number of nitrogens with zero attached hydrogens (tertiary/aromatic N) is 3. The molecule has 2 aromatic rings. The van der Waals surface area contributed by atoms with E-state index < -0.39 is 0 Å². The van der Waals surface area contributed by atoms with Gasteiger partial charge in [-0.15, -0.1) is 0 Å². The van der Waals surface area contributed by atoms with Gasteiger partial charge in [0.1, 0.15) is 5.82 Å². The van der Waals surface area contributed by atoms with E-state index in [1.807, 2.05) is 23.7 Å². The third-order valence-electron chi connectivity index (χ3n) is 2.89. The van der Waals surface area contributed by atoms with Crippen LogP contribution in [0.2, 0.25) is 0 Å². The number of aromatic nitrogens is 3. The van der Waals surface area contributed by atoms with Crippen molar-refractivity contribution in [3.05, 3.63) is 24.2 Å². The average molecular weight is 234 g/mol. The van der Waals surface area contributed by atoms with E-state index in [9.17, 15) is 0 Å². The number of methoxy groups -OCH3 is 1. The van der Waals surface area contributed by atoms with Gasteiger partial charge in [-0.1, -0.05) is 0 Å². The molecule has 17 heavy (non-hydrogen) atoms. The molecule has 0 amide bonds. The average Bonchev–Trinajstić information content (AvgIpc) is 2.68. The fourth-order valence-electron chi connectivity index (χ4n) is 1.95. The lowest BCUT2D eigenvalue weighted by molar-refractivity contribution is 0.190. The second-order valence-electron chi connectivity index (χ2n) is 4.12. The summed E-state index contributed by atoms with van der Waals surface area (Å²) in [6, 6.07) is 3.84. The highest BCUT2D eigenvalue weighted by Gasteiger charge is 2.14. The summed E-state index contributed by atoms with van der Waals surface area (Å²) in [5.41, 5.74) is 7.91. The number of aryl methyl sites for hydroxylation is 1. The minimum atomic E-state index is -0.0654. The summed E-state index contributed by atoms with van der Waals surface area (Å²) >= 11 is 0. The maximum absolute atomic E-state index is 6.13. The van der Waals surface area contributed by atoms with Crippen molar-refractivity contribution in [1.29, 1.82) is 0 Å². The molecular weight excluding hydrogens is 216 g/mol. The van der Waals surface area contributed by atoms with Gasteiger partial charge in [0.15, 0.2) is 5.65 Å². The first-order valence-corrected chi connectivity index (χ1v) is 5.76. The molecule has 2 heterocycles. The molecule has 0 saturated heterocycles. The van der Waals surface area contributed by atoms with Crippen molar-refractivity contribution in [3.63, 3.8) is 0 Å². The van der Waals surface area contributed by atoms with E-state index in [4.69, 9.17) is 10.5 Å². The second-order valence-corrected chi connectivity index (χ2v) is 4.12. The fourth-order valence-corrected chi connectivity index (χ4v) is 1.95. The maximum atomic E-state index is 6.13. The molecular formula is C12H18N4O. The van der Waals surface area contributed by atoms with Crippen molar-refractivity contribution in [2.24, 2.45) is 12.8 Å².